The van der Waals surface area contributed by atoms with E-state index in [1.54, 1.807) is 0 Å². The van der Waals surface area contributed by atoms with Gasteiger partial charge in [-0.1, -0.05) is 0 Å². The maximum atomic E-state index is 10.8. The van der Waals surface area contributed by atoms with Crippen LogP contribution in [0.15, 0.2) is 12.2 Å². The Kier molecular flexibility index (Phi) is 1.85. The van der Waals surface area contributed by atoms with Crippen LogP contribution in [0.2, 0.25) is 0 Å². The first-order chi connectivity index (χ1) is 5.16. The number of methoxy groups -OCH3 is 1. The summed E-state index contributed by atoms with van der Waals surface area (Å²) in [5.41, 5.74) is 0. The van der Waals surface area contributed by atoms with Gasteiger partial charge in [-0.05, 0) is 12.2 Å². The van der Waals surface area contributed by atoms with Crippen molar-refractivity contribution in [2.75, 3.05) is 7.11 Å². The molecule has 0 amide bonds. The molecule has 0 atom stereocenters. The van der Waals surface area contributed by atoms with Crippen LogP contribution in [0.1, 0.15) is 0 Å². The van der Waals surface area contributed by atoms with Crippen LogP contribution in [0.5, 0.6) is 0 Å². The number of rotatable bonds is 1. The van der Waals surface area contributed by atoms with Gasteiger partial charge in [0.25, 0.3) is 0 Å². The summed E-state index contributed by atoms with van der Waals surface area (Å²) in [5, 5.41) is 0. The molecule has 0 fully saturated rings. The lowest BCUT2D eigenvalue weighted by atomic mass is 10.1. The molecule has 0 aromatic heterocycles. The number of ether oxygens (including phenoxy) is 1. The minimum Gasteiger partial charge on any atom is -0.468 e. The highest BCUT2D eigenvalue weighted by atomic mass is 16.5. The van der Waals surface area contributed by atoms with E-state index >= 15 is 0 Å². The molecule has 0 heterocycles. The zero-order valence-corrected chi connectivity index (χ0v) is 5.87. The second-order valence-electron chi connectivity index (χ2n) is 2.09. The summed E-state index contributed by atoms with van der Waals surface area (Å²) in [4.78, 5) is 32.3. The summed E-state index contributed by atoms with van der Waals surface area (Å²) in [6.45, 7) is 0. The van der Waals surface area contributed by atoms with Crippen LogP contribution in [-0.4, -0.2) is 24.6 Å². The average Bonchev–Trinajstić information content (AvgIpc) is 2.30. The molecule has 0 radical (unpaired) electrons. The Balaban J connectivity index is 2.82. The normalized spacial score (nSPS) is 17.5. The van der Waals surface area contributed by atoms with Crippen molar-refractivity contribution in [3.63, 3.8) is 0 Å². The summed E-state index contributed by atoms with van der Waals surface area (Å²) in [6, 6.07) is 0. The summed E-state index contributed by atoms with van der Waals surface area (Å²) >= 11 is 0. The van der Waals surface area contributed by atoms with Crippen LogP contribution in [0.25, 0.3) is 0 Å². The molecule has 0 bridgehead atoms. The van der Waals surface area contributed by atoms with E-state index in [0.29, 0.717) is 0 Å². The van der Waals surface area contributed by atoms with Gasteiger partial charge in [-0.25, -0.2) is 0 Å². The van der Waals surface area contributed by atoms with Crippen molar-refractivity contribution in [2.24, 2.45) is 5.92 Å². The Morgan fingerprint density at radius 2 is 1.82 bits per heavy atom. The average molecular weight is 154 g/mol. The van der Waals surface area contributed by atoms with Crippen molar-refractivity contribution in [2.45, 2.75) is 0 Å². The third-order valence-corrected chi connectivity index (χ3v) is 1.42. The van der Waals surface area contributed by atoms with Crippen LogP contribution < -0.4 is 0 Å². The van der Waals surface area contributed by atoms with Gasteiger partial charge in [0.1, 0.15) is 0 Å². The predicted molar refractivity (Wildman–Crippen MR) is 34.7 cm³/mol. The molecule has 0 N–H and O–H groups in total. The van der Waals surface area contributed by atoms with Crippen LogP contribution in [0.3, 0.4) is 0 Å². The van der Waals surface area contributed by atoms with Gasteiger partial charge in [0.15, 0.2) is 17.5 Å². The van der Waals surface area contributed by atoms with Gasteiger partial charge in [-0.3, -0.25) is 14.4 Å². The molecule has 0 aromatic rings. The van der Waals surface area contributed by atoms with E-state index in [2.05, 4.69) is 4.74 Å². The molecular formula is C7H6O4. The number of carbonyl (C=O) groups is 3. The molecular weight excluding hydrogens is 148 g/mol. The molecule has 1 rings (SSSR count). The largest absolute Gasteiger partial charge is 0.468 e. The molecule has 0 aromatic carbocycles. The predicted octanol–water partition coefficient (Wildman–Crippen LogP) is -0.516. The quantitative estimate of drug-likeness (QED) is 0.376. The number of allylic oxidation sites excluding steroid dienone is 2. The molecule has 0 saturated carbocycles. The first kappa shape index (κ1) is 7.65. The lowest BCUT2D eigenvalue weighted by molar-refractivity contribution is -0.150. The molecule has 0 spiro atoms. The van der Waals surface area contributed by atoms with E-state index in [-0.39, 0.29) is 0 Å². The monoisotopic (exact) mass is 154 g/mol. The van der Waals surface area contributed by atoms with Crippen molar-refractivity contribution in [1.29, 1.82) is 0 Å². The van der Waals surface area contributed by atoms with Crippen LogP contribution in [0, 0.1) is 5.92 Å². The van der Waals surface area contributed by atoms with E-state index in [1.807, 2.05) is 0 Å². The number of carbonyl (C=O) groups excluding carboxylic acids is 3. The Hall–Kier alpha value is -1.45. The van der Waals surface area contributed by atoms with Crippen molar-refractivity contribution >= 4 is 17.5 Å². The fourth-order valence-corrected chi connectivity index (χ4v) is 0.847. The van der Waals surface area contributed by atoms with Gasteiger partial charge in [-0.15, -0.1) is 0 Å². The van der Waals surface area contributed by atoms with E-state index in [1.165, 1.54) is 0 Å². The first-order valence-electron chi connectivity index (χ1n) is 3.00. The van der Waals surface area contributed by atoms with Gasteiger partial charge in [0.05, 0.1) is 7.11 Å². The second-order valence-corrected chi connectivity index (χ2v) is 2.09. The third kappa shape index (κ3) is 1.19. The fourth-order valence-electron chi connectivity index (χ4n) is 0.847. The zero-order chi connectivity index (χ0) is 8.43. The molecule has 1 aliphatic rings. The minimum absolute atomic E-state index is 0.498. The van der Waals surface area contributed by atoms with Gasteiger partial charge >= 0.3 is 5.97 Å². The van der Waals surface area contributed by atoms with E-state index in [9.17, 15) is 14.4 Å². The van der Waals surface area contributed by atoms with Crippen molar-refractivity contribution < 1.29 is 19.1 Å². The van der Waals surface area contributed by atoms with Gasteiger partial charge in [0.2, 0.25) is 0 Å². The second kappa shape index (κ2) is 2.65. The van der Waals surface area contributed by atoms with E-state index in [4.69, 9.17) is 0 Å². The topological polar surface area (TPSA) is 60.4 Å². The molecule has 0 unspecified atom stereocenters. The Labute approximate surface area is 62.8 Å². The zero-order valence-electron chi connectivity index (χ0n) is 5.87. The SMILES string of the molecule is COC(=O)C1C(=O)C=CC1=O. The van der Waals surface area contributed by atoms with Crippen LogP contribution in [0.4, 0.5) is 0 Å². The van der Waals surface area contributed by atoms with Gasteiger partial charge in [-0.2, -0.15) is 0 Å². The Morgan fingerprint density at radius 1 is 1.36 bits per heavy atom. The number of esters is 1. The smallest absolute Gasteiger partial charge is 0.324 e. The maximum Gasteiger partial charge on any atom is 0.324 e. The van der Waals surface area contributed by atoms with E-state index in [0.717, 1.165) is 19.3 Å². The van der Waals surface area contributed by atoms with Crippen molar-refractivity contribution in [3.8, 4) is 0 Å². The number of hydrogen-bond donors (Lipinski definition) is 0. The maximum absolute atomic E-state index is 10.8. The lowest BCUT2D eigenvalue weighted by Gasteiger charge is -2.01. The molecule has 4 heteroatoms. The van der Waals surface area contributed by atoms with Gasteiger partial charge in [0, 0.05) is 0 Å². The molecule has 11 heavy (non-hydrogen) atoms. The highest BCUT2D eigenvalue weighted by molar-refractivity contribution is 6.28. The summed E-state index contributed by atoms with van der Waals surface area (Å²) in [5.74, 6) is -3.02. The minimum atomic E-state index is -1.24. The highest BCUT2D eigenvalue weighted by Crippen LogP contribution is 2.11. The number of hydrogen-bond acceptors (Lipinski definition) is 4. The van der Waals surface area contributed by atoms with Crippen LogP contribution in [-0.2, 0) is 19.1 Å². The molecule has 4 nitrogen and oxygen atoms in total. The summed E-state index contributed by atoms with van der Waals surface area (Å²) in [7, 11) is 1.14. The van der Waals surface area contributed by atoms with Crippen molar-refractivity contribution in [3.05, 3.63) is 12.2 Å². The lowest BCUT2D eigenvalue weighted by Crippen LogP contribution is -2.26. The number of ketones is 2. The standard InChI is InChI=1S/C7H6O4/c1-11-7(10)6-4(8)2-3-5(6)9/h2-3,6H,1H3. The van der Waals surface area contributed by atoms with Gasteiger partial charge < -0.3 is 4.74 Å². The first-order valence-corrected chi connectivity index (χ1v) is 3.00. The van der Waals surface area contributed by atoms with Crippen LogP contribution >= 0.6 is 0 Å². The third-order valence-electron chi connectivity index (χ3n) is 1.42. The molecule has 58 valence electrons. The molecule has 0 saturated heterocycles. The fraction of sp³-hybridized carbons (Fsp3) is 0.286. The van der Waals surface area contributed by atoms with E-state index < -0.39 is 23.5 Å². The Bertz CT molecular complexity index is 233. The summed E-state index contributed by atoms with van der Waals surface area (Å²) < 4.78 is 4.25. The Morgan fingerprint density at radius 3 is 2.18 bits per heavy atom. The molecule has 1 aliphatic carbocycles. The highest BCUT2D eigenvalue weighted by Gasteiger charge is 2.35. The summed E-state index contributed by atoms with van der Waals surface area (Å²) in [6.07, 6.45) is 2.17. The van der Waals surface area contributed by atoms with Crippen molar-refractivity contribution in [1.82, 2.24) is 0 Å². The molecule has 0 aliphatic heterocycles.